The molecule has 2 saturated heterocycles. The van der Waals surface area contributed by atoms with Crippen LogP contribution in [-0.4, -0.2) is 41.2 Å². The van der Waals surface area contributed by atoms with Crippen molar-refractivity contribution in [2.45, 2.75) is 51.1 Å². The van der Waals surface area contributed by atoms with Gasteiger partial charge in [-0.25, -0.2) is 0 Å². The summed E-state index contributed by atoms with van der Waals surface area (Å²) in [6, 6.07) is 5.33. The Hall–Kier alpha value is -1.53. The highest BCUT2D eigenvalue weighted by atomic mass is 35.5. The number of rotatable bonds is 3. The Morgan fingerprint density at radius 2 is 1.90 bits per heavy atom. The number of nitrogens with zero attached hydrogens (tertiary/aromatic N) is 2. The summed E-state index contributed by atoms with van der Waals surface area (Å²) in [6.07, 6.45) is -2.33. The Morgan fingerprint density at radius 1 is 1.24 bits per heavy atom. The molecule has 4 rings (SSSR count). The first-order valence-corrected chi connectivity index (χ1v) is 9.99. The standard InChI is InChI=1S/C19H17Cl3N2O5/c1-8(25)26-7-14-15-16(29-19(2,3)28-15)18(27-14)24-13-5-12(21)11(20)4-9(13)10(6-23)17(24)22/h4-5,14-16,18H,7H2,1-3H3/t14-,15-,16-,18-/m1/s1. The second-order valence-electron chi connectivity index (χ2n) is 7.36. The number of halogens is 3. The highest BCUT2D eigenvalue weighted by Gasteiger charge is 2.56. The lowest BCUT2D eigenvalue weighted by molar-refractivity contribution is -0.201. The monoisotopic (exact) mass is 458 g/mol. The lowest BCUT2D eigenvalue weighted by atomic mass is 10.1. The topological polar surface area (TPSA) is 82.7 Å². The molecule has 2 fully saturated rings. The maximum Gasteiger partial charge on any atom is 0.302 e. The molecular weight excluding hydrogens is 443 g/mol. The van der Waals surface area contributed by atoms with Crippen molar-refractivity contribution >= 4 is 51.7 Å². The van der Waals surface area contributed by atoms with Crippen LogP contribution in [0.2, 0.25) is 15.2 Å². The molecule has 2 aliphatic rings. The van der Waals surface area contributed by atoms with E-state index in [0.717, 1.165) is 0 Å². The predicted molar refractivity (Wildman–Crippen MR) is 106 cm³/mol. The fourth-order valence-corrected chi connectivity index (χ4v) is 4.48. The molecule has 0 bridgehead atoms. The number of hydrogen-bond donors (Lipinski definition) is 0. The number of carbonyl (C=O) groups is 1. The van der Waals surface area contributed by atoms with Crippen molar-refractivity contribution in [1.29, 1.82) is 5.26 Å². The van der Waals surface area contributed by atoms with E-state index in [9.17, 15) is 10.1 Å². The number of esters is 1. The molecule has 2 aliphatic heterocycles. The van der Waals surface area contributed by atoms with Gasteiger partial charge in [-0.3, -0.25) is 4.79 Å². The summed E-state index contributed by atoms with van der Waals surface area (Å²) >= 11 is 18.9. The van der Waals surface area contributed by atoms with E-state index in [2.05, 4.69) is 6.07 Å². The number of nitriles is 1. The minimum absolute atomic E-state index is 0.000944. The van der Waals surface area contributed by atoms with E-state index < -0.39 is 36.3 Å². The molecule has 1 aromatic heterocycles. The quantitative estimate of drug-likeness (QED) is 0.631. The Morgan fingerprint density at radius 3 is 2.55 bits per heavy atom. The number of carbonyl (C=O) groups excluding carboxylic acids is 1. The van der Waals surface area contributed by atoms with E-state index in [4.69, 9.17) is 53.8 Å². The van der Waals surface area contributed by atoms with Gasteiger partial charge in [-0.05, 0) is 26.0 Å². The van der Waals surface area contributed by atoms with E-state index >= 15 is 0 Å². The van der Waals surface area contributed by atoms with Crippen molar-refractivity contribution < 1.29 is 23.7 Å². The third-order valence-electron chi connectivity index (χ3n) is 4.93. The lowest BCUT2D eigenvalue weighted by Crippen LogP contribution is -2.33. The summed E-state index contributed by atoms with van der Waals surface area (Å²) in [7, 11) is 0. The maximum atomic E-state index is 11.3. The van der Waals surface area contributed by atoms with Gasteiger partial charge in [0.2, 0.25) is 0 Å². The molecule has 0 amide bonds. The molecule has 3 heterocycles. The van der Waals surface area contributed by atoms with Crippen LogP contribution in [0.1, 0.15) is 32.6 Å². The smallest absolute Gasteiger partial charge is 0.302 e. The Labute approximate surface area is 181 Å². The molecule has 154 valence electrons. The zero-order valence-electron chi connectivity index (χ0n) is 15.7. The van der Waals surface area contributed by atoms with Crippen LogP contribution in [0.4, 0.5) is 0 Å². The number of aromatic nitrogens is 1. The van der Waals surface area contributed by atoms with Crippen LogP contribution in [0.15, 0.2) is 12.1 Å². The fraction of sp³-hybridized carbons (Fsp3) is 0.474. The minimum atomic E-state index is -0.861. The first-order chi connectivity index (χ1) is 13.6. The molecule has 2 aromatic rings. The van der Waals surface area contributed by atoms with Crippen molar-refractivity contribution in [3.63, 3.8) is 0 Å². The average Bonchev–Trinajstić information content (AvgIpc) is 3.20. The minimum Gasteiger partial charge on any atom is -0.463 e. The number of fused-ring (bicyclic) bond motifs is 2. The van der Waals surface area contributed by atoms with Crippen molar-refractivity contribution in [1.82, 2.24) is 4.57 Å². The van der Waals surface area contributed by atoms with Crippen LogP contribution >= 0.6 is 34.8 Å². The van der Waals surface area contributed by atoms with E-state index in [0.29, 0.717) is 20.9 Å². The van der Waals surface area contributed by atoms with Crippen LogP contribution in [0, 0.1) is 11.3 Å². The number of benzene rings is 1. The third kappa shape index (κ3) is 3.48. The maximum absolute atomic E-state index is 11.3. The van der Waals surface area contributed by atoms with E-state index in [-0.39, 0.29) is 17.3 Å². The van der Waals surface area contributed by atoms with E-state index in [1.54, 1.807) is 30.5 Å². The van der Waals surface area contributed by atoms with Gasteiger partial charge in [-0.15, -0.1) is 0 Å². The van der Waals surface area contributed by atoms with Crippen molar-refractivity contribution in [3.05, 3.63) is 32.9 Å². The summed E-state index contributed by atoms with van der Waals surface area (Å²) in [6.45, 7) is 4.90. The molecule has 0 unspecified atom stereocenters. The molecule has 7 nitrogen and oxygen atoms in total. The van der Waals surface area contributed by atoms with Crippen LogP contribution in [-0.2, 0) is 23.7 Å². The average molecular weight is 460 g/mol. The first-order valence-electron chi connectivity index (χ1n) is 8.86. The van der Waals surface area contributed by atoms with Crippen molar-refractivity contribution in [2.24, 2.45) is 0 Å². The van der Waals surface area contributed by atoms with Gasteiger partial charge in [0.15, 0.2) is 12.0 Å². The highest BCUT2D eigenvalue weighted by Crippen LogP contribution is 2.47. The third-order valence-corrected chi connectivity index (χ3v) is 6.02. The van der Waals surface area contributed by atoms with Crippen molar-refractivity contribution in [2.75, 3.05) is 6.61 Å². The second kappa shape index (κ2) is 7.31. The van der Waals surface area contributed by atoms with Gasteiger partial charge in [0.05, 0.1) is 21.1 Å². The molecule has 29 heavy (non-hydrogen) atoms. The summed E-state index contributed by atoms with van der Waals surface area (Å²) in [4.78, 5) is 11.3. The number of ether oxygens (including phenoxy) is 4. The van der Waals surface area contributed by atoms with Gasteiger partial charge < -0.3 is 23.5 Å². The van der Waals surface area contributed by atoms with E-state index in [1.165, 1.54) is 6.92 Å². The predicted octanol–water partition coefficient (Wildman–Crippen LogP) is 4.45. The van der Waals surface area contributed by atoms with Crippen LogP contribution in [0.3, 0.4) is 0 Å². The fourth-order valence-electron chi connectivity index (χ4n) is 3.83. The van der Waals surface area contributed by atoms with Crippen molar-refractivity contribution in [3.8, 4) is 6.07 Å². The van der Waals surface area contributed by atoms with Crippen LogP contribution in [0.25, 0.3) is 10.9 Å². The molecule has 0 spiro atoms. The van der Waals surface area contributed by atoms with E-state index in [1.807, 2.05) is 0 Å². The summed E-state index contributed by atoms with van der Waals surface area (Å²) in [5.74, 6) is -1.29. The SMILES string of the molecule is CC(=O)OC[C@H]1O[C@@H](n2c(Cl)c(C#N)c3cc(Cl)c(Cl)cc32)[C@@H]2OC(C)(C)O[C@@H]21. The Balaban J connectivity index is 1.82. The Kier molecular flexibility index (Phi) is 5.23. The summed E-state index contributed by atoms with van der Waals surface area (Å²) in [5, 5.41) is 11.0. The molecule has 0 radical (unpaired) electrons. The van der Waals surface area contributed by atoms with Gasteiger partial charge in [-0.1, -0.05) is 34.8 Å². The summed E-state index contributed by atoms with van der Waals surface area (Å²) < 4.78 is 25.0. The second-order valence-corrected chi connectivity index (χ2v) is 8.54. The number of hydrogen-bond acceptors (Lipinski definition) is 6. The molecular formula is C19H17Cl3N2O5. The molecule has 10 heteroatoms. The Bertz CT molecular complexity index is 1040. The molecule has 4 atom stereocenters. The largest absolute Gasteiger partial charge is 0.463 e. The zero-order valence-corrected chi connectivity index (χ0v) is 18.0. The zero-order chi connectivity index (χ0) is 21.1. The van der Waals surface area contributed by atoms with Gasteiger partial charge >= 0.3 is 5.97 Å². The summed E-state index contributed by atoms with van der Waals surface area (Å²) in [5.41, 5.74) is 0.827. The lowest BCUT2D eigenvalue weighted by Gasteiger charge is -2.25. The molecule has 0 saturated carbocycles. The van der Waals surface area contributed by atoms with Gasteiger partial charge in [-0.2, -0.15) is 5.26 Å². The van der Waals surface area contributed by atoms with Gasteiger partial charge in [0.1, 0.15) is 36.1 Å². The van der Waals surface area contributed by atoms with Gasteiger partial charge in [0.25, 0.3) is 0 Å². The normalized spacial score (nSPS) is 27.8. The van der Waals surface area contributed by atoms with Crippen LogP contribution < -0.4 is 0 Å². The molecule has 1 aromatic carbocycles. The molecule has 0 N–H and O–H groups in total. The van der Waals surface area contributed by atoms with Gasteiger partial charge in [0, 0.05) is 12.3 Å². The van der Waals surface area contributed by atoms with Crippen LogP contribution in [0.5, 0.6) is 0 Å². The first kappa shape index (κ1) is 20.7. The highest BCUT2D eigenvalue weighted by molar-refractivity contribution is 6.43. The molecule has 0 aliphatic carbocycles.